The molecule has 31 heavy (non-hydrogen) atoms. The highest BCUT2D eigenvalue weighted by Crippen LogP contribution is 2.39. The molecule has 0 bridgehead atoms. The molecule has 1 aromatic carbocycles. The minimum atomic E-state index is -0.823. The number of likely N-dealkylation sites (tertiary alicyclic amines) is 1. The van der Waals surface area contributed by atoms with E-state index in [4.69, 9.17) is 20.8 Å². The summed E-state index contributed by atoms with van der Waals surface area (Å²) in [5.41, 5.74) is 0.244. The quantitative estimate of drug-likeness (QED) is 0.404. The third-order valence-electron chi connectivity index (χ3n) is 5.80. The summed E-state index contributed by atoms with van der Waals surface area (Å²) in [5, 5.41) is 13.7. The van der Waals surface area contributed by atoms with Gasteiger partial charge in [0, 0.05) is 23.6 Å². The van der Waals surface area contributed by atoms with Crippen molar-refractivity contribution in [3.63, 3.8) is 0 Å². The molecule has 2 aromatic rings. The zero-order chi connectivity index (χ0) is 22.0. The van der Waals surface area contributed by atoms with Crippen LogP contribution in [-0.4, -0.2) is 56.0 Å². The number of morpholine rings is 1. The second-order valence-electron chi connectivity index (χ2n) is 7.89. The summed E-state index contributed by atoms with van der Waals surface area (Å²) < 4.78 is 11.2. The lowest BCUT2D eigenvalue weighted by Gasteiger charge is -2.27. The van der Waals surface area contributed by atoms with Crippen molar-refractivity contribution >= 4 is 29.1 Å². The van der Waals surface area contributed by atoms with Gasteiger partial charge in [0.05, 0.1) is 19.8 Å². The number of carbonyl (C=O) groups excluding carboxylic acids is 2. The number of furan rings is 1. The van der Waals surface area contributed by atoms with Gasteiger partial charge in [0.15, 0.2) is 0 Å². The number of quaternary nitrogens is 1. The number of hydrogen-bond acceptors (Lipinski definition) is 5. The van der Waals surface area contributed by atoms with Crippen LogP contribution < -0.4 is 10.0 Å². The first kappa shape index (κ1) is 21.6. The predicted molar refractivity (Wildman–Crippen MR) is 112 cm³/mol. The lowest BCUT2D eigenvalue weighted by molar-refractivity contribution is -0.908. The smallest absolute Gasteiger partial charge is 0.295 e. The van der Waals surface area contributed by atoms with Gasteiger partial charge in [0.1, 0.15) is 30.7 Å². The van der Waals surface area contributed by atoms with Gasteiger partial charge in [-0.3, -0.25) is 9.59 Å². The Morgan fingerprint density at radius 2 is 1.87 bits per heavy atom. The average molecular weight is 445 g/mol. The molecule has 1 atom stereocenters. The van der Waals surface area contributed by atoms with Crippen LogP contribution in [0.5, 0.6) is 0 Å². The Hall–Kier alpha value is -2.61. The Labute approximate surface area is 185 Å². The highest BCUT2D eigenvalue weighted by Gasteiger charge is 2.45. The fourth-order valence-electron chi connectivity index (χ4n) is 4.16. The third kappa shape index (κ3) is 4.54. The lowest BCUT2D eigenvalue weighted by atomic mass is 9.99. The van der Waals surface area contributed by atoms with Crippen LogP contribution in [0.15, 0.2) is 46.4 Å². The number of nitrogens with one attached hydrogen (secondary N) is 1. The van der Waals surface area contributed by atoms with Crippen LogP contribution in [0, 0.1) is 6.92 Å². The molecule has 1 amide bonds. The molecule has 3 heterocycles. The summed E-state index contributed by atoms with van der Waals surface area (Å²) in [6.45, 7) is 6.36. The number of carbonyl (C=O) groups is 2. The largest absolute Gasteiger partial charge is 0.872 e. The molecule has 0 saturated carbocycles. The number of Topliss-reactive ketones (excluding diaryl/α,β-unsaturated/α-hetero) is 1. The summed E-state index contributed by atoms with van der Waals surface area (Å²) in [7, 11) is 0. The van der Waals surface area contributed by atoms with Gasteiger partial charge in [-0.2, -0.15) is 0 Å². The van der Waals surface area contributed by atoms with Crippen LogP contribution in [0.3, 0.4) is 0 Å². The third-order valence-corrected chi connectivity index (χ3v) is 6.05. The van der Waals surface area contributed by atoms with Gasteiger partial charge in [-0.05, 0) is 36.8 Å². The number of ketones is 1. The molecule has 2 aliphatic rings. The fraction of sp³-hybridized carbons (Fsp3) is 0.391. The molecule has 0 radical (unpaired) electrons. The molecule has 2 saturated heterocycles. The van der Waals surface area contributed by atoms with Crippen LogP contribution in [0.25, 0.3) is 5.76 Å². The standard InChI is InChI=1S/C23H25ClN2O5/c1-15-3-8-18(31-15)20-19(21(27)16-4-6-17(24)7-5-16)22(28)23(29)26(20)10-2-9-25-11-13-30-14-12-25/h3-8,20,27H,2,9-14H2,1H3/b21-19+. The molecule has 164 valence electrons. The summed E-state index contributed by atoms with van der Waals surface area (Å²) in [6.07, 6.45) is 0.715. The number of hydrogen-bond donors (Lipinski definition) is 1. The molecule has 1 unspecified atom stereocenters. The number of rotatable bonds is 6. The maximum Gasteiger partial charge on any atom is 0.295 e. The van der Waals surface area contributed by atoms with E-state index in [-0.39, 0.29) is 5.57 Å². The number of amides is 1. The fourth-order valence-corrected chi connectivity index (χ4v) is 4.29. The minimum absolute atomic E-state index is 0.0691. The van der Waals surface area contributed by atoms with Crippen molar-refractivity contribution < 1.29 is 28.7 Å². The molecule has 2 aliphatic heterocycles. The molecule has 8 heteroatoms. The maximum atomic E-state index is 13.2. The molecule has 1 N–H and O–H groups in total. The van der Waals surface area contributed by atoms with Crippen LogP contribution in [0.1, 0.15) is 29.5 Å². The number of aryl methyl sites for hydroxylation is 1. The Kier molecular flexibility index (Phi) is 6.46. The molecule has 0 aliphatic carbocycles. The van der Waals surface area contributed by atoms with Crippen molar-refractivity contribution in [1.29, 1.82) is 0 Å². The molecule has 7 nitrogen and oxygen atoms in total. The van der Waals surface area contributed by atoms with Gasteiger partial charge in [-0.25, -0.2) is 0 Å². The van der Waals surface area contributed by atoms with Crippen LogP contribution in [0.4, 0.5) is 0 Å². The first-order chi connectivity index (χ1) is 15.0. The normalized spacial score (nSPS) is 21.7. The second-order valence-corrected chi connectivity index (χ2v) is 8.33. The number of benzene rings is 1. The molecular formula is C23H25ClN2O5. The highest BCUT2D eigenvalue weighted by molar-refractivity contribution is 6.46. The van der Waals surface area contributed by atoms with E-state index in [9.17, 15) is 14.7 Å². The Bertz CT molecular complexity index is 992. The monoisotopic (exact) mass is 444 g/mol. The Balaban J connectivity index is 1.64. The molecular weight excluding hydrogens is 420 g/mol. The first-order valence-corrected chi connectivity index (χ1v) is 10.8. The van der Waals surface area contributed by atoms with E-state index in [1.807, 2.05) is 0 Å². The van der Waals surface area contributed by atoms with E-state index >= 15 is 0 Å². The van der Waals surface area contributed by atoms with Crippen molar-refractivity contribution in [3.8, 4) is 0 Å². The summed E-state index contributed by atoms with van der Waals surface area (Å²) in [4.78, 5) is 28.7. The van der Waals surface area contributed by atoms with Crippen LogP contribution >= 0.6 is 11.6 Å². The van der Waals surface area contributed by atoms with Gasteiger partial charge in [-0.1, -0.05) is 29.5 Å². The van der Waals surface area contributed by atoms with E-state index in [1.54, 1.807) is 43.3 Å². The van der Waals surface area contributed by atoms with Gasteiger partial charge in [0.25, 0.3) is 5.91 Å². The summed E-state index contributed by atoms with van der Waals surface area (Å²) in [5.74, 6) is -0.827. The van der Waals surface area contributed by atoms with Crippen molar-refractivity contribution in [3.05, 3.63) is 64.1 Å². The van der Waals surface area contributed by atoms with E-state index in [2.05, 4.69) is 0 Å². The maximum absolute atomic E-state index is 13.2. The first-order valence-electron chi connectivity index (χ1n) is 10.5. The van der Waals surface area contributed by atoms with E-state index in [1.165, 1.54) is 9.80 Å². The van der Waals surface area contributed by atoms with Gasteiger partial charge in [0.2, 0.25) is 5.78 Å². The van der Waals surface area contributed by atoms with E-state index in [0.717, 1.165) is 32.8 Å². The number of ether oxygens (including phenoxy) is 1. The minimum Gasteiger partial charge on any atom is -0.872 e. The van der Waals surface area contributed by atoms with Crippen molar-refractivity contribution in [2.45, 2.75) is 19.4 Å². The van der Waals surface area contributed by atoms with Crippen molar-refractivity contribution in [1.82, 2.24) is 4.90 Å². The molecule has 0 spiro atoms. The SMILES string of the molecule is Cc1ccc(C2/C(=C(\[O-])c3ccc(Cl)cc3)C(=O)C(=O)N2CCC[NH+]2CCOCC2)o1. The van der Waals surface area contributed by atoms with Crippen molar-refractivity contribution in [2.75, 3.05) is 39.4 Å². The number of halogens is 1. The molecule has 4 rings (SSSR count). The topological polar surface area (TPSA) is 87.2 Å². The summed E-state index contributed by atoms with van der Waals surface area (Å²) in [6, 6.07) is 8.97. The summed E-state index contributed by atoms with van der Waals surface area (Å²) >= 11 is 5.93. The predicted octanol–water partition coefficient (Wildman–Crippen LogP) is 0.771. The highest BCUT2D eigenvalue weighted by atomic mass is 35.5. The molecule has 2 fully saturated rings. The molecule has 1 aromatic heterocycles. The van der Waals surface area contributed by atoms with Gasteiger partial charge < -0.3 is 24.1 Å². The zero-order valence-corrected chi connectivity index (χ0v) is 18.1. The Morgan fingerprint density at radius 3 is 2.52 bits per heavy atom. The number of nitrogens with zero attached hydrogens (tertiary/aromatic N) is 1. The Morgan fingerprint density at radius 1 is 1.16 bits per heavy atom. The zero-order valence-electron chi connectivity index (χ0n) is 17.4. The van der Waals surface area contributed by atoms with Gasteiger partial charge in [-0.15, -0.1) is 0 Å². The average Bonchev–Trinajstić information content (AvgIpc) is 3.30. The second kappa shape index (κ2) is 9.26. The lowest BCUT2D eigenvalue weighted by Crippen LogP contribution is -3.14. The van der Waals surface area contributed by atoms with Crippen LogP contribution in [-0.2, 0) is 14.3 Å². The van der Waals surface area contributed by atoms with Gasteiger partial charge >= 0.3 is 0 Å². The van der Waals surface area contributed by atoms with E-state index in [0.29, 0.717) is 35.1 Å². The van der Waals surface area contributed by atoms with Crippen molar-refractivity contribution in [2.24, 2.45) is 0 Å². The van der Waals surface area contributed by atoms with E-state index < -0.39 is 23.5 Å². The van der Waals surface area contributed by atoms with Crippen LogP contribution in [0.2, 0.25) is 5.02 Å².